The third kappa shape index (κ3) is 12.7. The van der Waals surface area contributed by atoms with E-state index < -0.39 is 0 Å². The van der Waals surface area contributed by atoms with Gasteiger partial charge < -0.3 is 26.3 Å². The molecule has 0 aromatic carbocycles. The van der Waals surface area contributed by atoms with Crippen LogP contribution in [0.3, 0.4) is 0 Å². The second-order valence-electron chi connectivity index (χ2n) is 18.9. The molecule has 5 N–H and O–H groups in total. The van der Waals surface area contributed by atoms with Gasteiger partial charge >= 0.3 is 0 Å². The number of fused-ring (bicyclic) bond motifs is 5. The molecule has 4 unspecified atom stereocenters. The molecule has 0 spiro atoms. The van der Waals surface area contributed by atoms with Gasteiger partial charge in [0, 0.05) is 13.2 Å². The molecule has 0 aromatic rings. The van der Waals surface area contributed by atoms with Crippen LogP contribution in [0.2, 0.25) is 0 Å². The molecule has 0 aliphatic heterocycles. The van der Waals surface area contributed by atoms with Crippen molar-refractivity contribution in [1.29, 1.82) is 0 Å². The first-order valence-corrected chi connectivity index (χ1v) is 23.2. The molecule has 0 saturated heterocycles. The molecule has 4 rings (SSSR count). The van der Waals surface area contributed by atoms with Gasteiger partial charge in [-0.25, -0.2) is 0 Å². The van der Waals surface area contributed by atoms with Crippen molar-refractivity contribution in [3.8, 4) is 0 Å². The lowest BCUT2D eigenvalue weighted by atomic mass is 9.43. The van der Waals surface area contributed by atoms with Crippen LogP contribution < -0.4 is 16.8 Å². The summed E-state index contributed by atoms with van der Waals surface area (Å²) in [4.78, 5) is 0. The van der Waals surface area contributed by atoms with Crippen LogP contribution >= 0.6 is 0 Å². The smallest absolute Gasteiger partial charge is 0.0611 e. The van der Waals surface area contributed by atoms with Crippen LogP contribution in [0, 0.1) is 46.3 Å². The highest BCUT2D eigenvalue weighted by Crippen LogP contribution is 2.69. The van der Waals surface area contributed by atoms with Crippen molar-refractivity contribution >= 4 is 0 Å². The molecule has 0 bridgehead atoms. The van der Waals surface area contributed by atoms with E-state index in [-0.39, 0.29) is 0 Å². The Labute approximate surface area is 318 Å². The third-order valence-electron chi connectivity index (χ3n) is 15.5. The quantitative estimate of drug-likeness (QED) is 0.0703. The molecule has 4 saturated carbocycles. The fraction of sp³-hybridized carbons (Fsp3) is 1.00. The summed E-state index contributed by atoms with van der Waals surface area (Å²) < 4.78 is 13.3. The minimum Gasteiger partial charge on any atom is -0.378 e. The normalized spacial score (nSPS) is 33.9. The molecule has 4 aliphatic carbocycles. The second-order valence-corrected chi connectivity index (χ2v) is 18.9. The first-order chi connectivity index (χ1) is 24.9. The van der Waals surface area contributed by atoms with Gasteiger partial charge in [0.2, 0.25) is 0 Å². The van der Waals surface area contributed by atoms with E-state index in [1.165, 1.54) is 167 Å². The van der Waals surface area contributed by atoms with Crippen LogP contribution in [0.1, 0.15) is 195 Å². The predicted molar refractivity (Wildman–Crippen MR) is 219 cm³/mol. The predicted octanol–water partition coefficient (Wildman–Crippen LogP) is 11.2. The summed E-state index contributed by atoms with van der Waals surface area (Å²) in [6.45, 7) is 15.9. The van der Waals surface area contributed by atoms with Gasteiger partial charge in [0.25, 0.3) is 0 Å². The molecule has 0 amide bonds. The second kappa shape index (κ2) is 23.7. The summed E-state index contributed by atoms with van der Waals surface area (Å²) in [6.07, 6.45) is 36.3. The van der Waals surface area contributed by atoms with E-state index in [2.05, 4.69) is 33.0 Å². The van der Waals surface area contributed by atoms with Crippen molar-refractivity contribution in [3.63, 3.8) is 0 Å². The highest BCUT2D eigenvalue weighted by molar-refractivity contribution is 5.12. The molecular formula is C46H89N3O2. The SMILES string of the molecule is CCCCCCCCCCCCCCCCNCCC[C@@H](C)[C@H]1CC[C@H]2C3[C@H](OCCCN)CC4C[C@H](OCCCN)CCC4(C)[C@H]3CCC12C. The Balaban J connectivity index is 1.14. The number of ether oxygens (including phenoxy) is 2. The maximum atomic E-state index is 6.89. The lowest BCUT2D eigenvalue weighted by Gasteiger charge is -2.63. The van der Waals surface area contributed by atoms with Crippen LogP contribution in [0.5, 0.6) is 0 Å². The number of hydrogen-bond acceptors (Lipinski definition) is 5. The molecule has 0 heterocycles. The van der Waals surface area contributed by atoms with Gasteiger partial charge in [-0.15, -0.1) is 0 Å². The van der Waals surface area contributed by atoms with Gasteiger partial charge in [0.05, 0.1) is 12.2 Å². The maximum Gasteiger partial charge on any atom is 0.0611 e. The zero-order chi connectivity index (χ0) is 36.4. The fourth-order valence-corrected chi connectivity index (χ4v) is 12.4. The topological polar surface area (TPSA) is 82.5 Å². The standard InChI is InChI=1S/C46H89N3O2/c1-5-6-7-8-9-10-11-12-13-14-15-16-17-18-31-49-32-19-22-37(2)40-23-24-41-44-42(26-28-46(40,41)4)45(3)27-25-39(50-33-20-29-47)35-38(45)36-43(44)51-34-21-30-48/h37-44,49H,5-36,47-48H2,1-4H3/t37-,38?,39-,40-,41+,42+,43-,44?,45?,46?/m1/s1. The highest BCUT2D eigenvalue weighted by Gasteiger charge is 2.63. The molecule has 0 radical (unpaired) electrons. The number of hydrogen-bond donors (Lipinski definition) is 3. The van der Waals surface area contributed by atoms with E-state index in [4.69, 9.17) is 20.9 Å². The van der Waals surface area contributed by atoms with Crippen LogP contribution in [-0.4, -0.2) is 51.6 Å². The van der Waals surface area contributed by atoms with E-state index >= 15 is 0 Å². The Bertz CT molecular complexity index is 902. The Morgan fingerprint density at radius 2 is 1.20 bits per heavy atom. The fourth-order valence-electron chi connectivity index (χ4n) is 12.4. The average Bonchev–Trinajstić information content (AvgIpc) is 3.48. The van der Waals surface area contributed by atoms with Crippen LogP contribution in [0.25, 0.3) is 0 Å². The van der Waals surface area contributed by atoms with E-state index in [1.54, 1.807) is 0 Å². The summed E-state index contributed by atoms with van der Waals surface area (Å²) in [5.41, 5.74) is 12.6. The summed E-state index contributed by atoms with van der Waals surface area (Å²) in [7, 11) is 0. The van der Waals surface area contributed by atoms with Crippen molar-refractivity contribution in [1.82, 2.24) is 5.32 Å². The maximum absolute atomic E-state index is 6.89. The Kier molecular flexibility index (Phi) is 20.2. The minimum absolute atomic E-state index is 0.403. The number of rotatable bonds is 28. The number of nitrogens with one attached hydrogen (secondary N) is 1. The molecule has 5 heteroatoms. The molecule has 5 nitrogen and oxygen atoms in total. The highest BCUT2D eigenvalue weighted by atomic mass is 16.5. The van der Waals surface area contributed by atoms with Crippen molar-refractivity contribution in [2.45, 2.75) is 207 Å². The van der Waals surface area contributed by atoms with Gasteiger partial charge in [-0.1, -0.05) is 111 Å². The summed E-state index contributed by atoms with van der Waals surface area (Å²) >= 11 is 0. The number of unbranched alkanes of at least 4 members (excludes halogenated alkanes) is 13. The van der Waals surface area contributed by atoms with E-state index in [0.717, 1.165) is 74.7 Å². The van der Waals surface area contributed by atoms with Crippen LogP contribution in [-0.2, 0) is 9.47 Å². The minimum atomic E-state index is 0.403. The molecule has 51 heavy (non-hydrogen) atoms. The Morgan fingerprint density at radius 1 is 0.627 bits per heavy atom. The van der Waals surface area contributed by atoms with Crippen LogP contribution in [0.4, 0.5) is 0 Å². The van der Waals surface area contributed by atoms with Gasteiger partial charge in [0.1, 0.15) is 0 Å². The summed E-state index contributed by atoms with van der Waals surface area (Å²) in [5, 5.41) is 3.82. The largest absolute Gasteiger partial charge is 0.378 e. The molecule has 4 aliphatic rings. The average molecular weight is 716 g/mol. The third-order valence-corrected chi connectivity index (χ3v) is 15.5. The first kappa shape index (κ1) is 43.5. The zero-order valence-electron chi connectivity index (χ0n) is 34.7. The van der Waals surface area contributed by atoms with Crippen molar-refractivity contribution in [2.75, 3.05) is 39.4 Å². The Hall–Kier alpha value is -0.200. The lowest BCUT2D eigenvalue weighted by molar-refractivity contribution is -0.191. The van der Waals surface area contributed by atoms with Crippen LogP contribution in [0.15, 0.2) is 0 Å². The molecule has 300 valence electrons. The Morgan fingerprint density at radius 3 is 1.84 bits per heavy atom. The molecule has 4 fully saturated rings. The molecule has 0 aromatic heterocycles. The van der Waals surface area contributed by atoms with Gasteiger partial charge in [-0.2, -0.15) is 0 Å². The van der Waals surface area contributed by atoms with E-state index in [9.17, 15) is 0 Å². The van der Waals surface area contributed by atoms with Gasteiger partial charge in [-0.3, -0.25) is 0 Å². The molecule has 10 atom stereocenters. The molecular weight excluding hydrogens is 627 g/mol. The zero-order valence-corrected chi connectivity index (χ0v) is 34.7. The van der Waals surface area contributed by atoms with Crippen molar-refractivity contribution < 1.29 is 9.47 Å². The van der Waals surface area contributed by atoms with E-state index in [1.807, 2.05) is 0 Å². The summed E-state index contributed by atoms with van der Waals surface area (Å²) in [6, 6.07) is 0. The number of nitrogens with two attached hydrogens (primary N) is 2. The lowest BCUT2D eigenvalue weighted by Crippen LogP contribution is -2.59. The van der Waals surface area contributed by atoms with Crippen molar-refractivity contribution in [2.24, 2.45) is 57.8 Å². The van der Waals surface area contributed by atoms with Gasteiger partial charge in [-0.05, 0) is 156 Å². The summed E-state index contributed by atoms with van der Waals surface area (Å²) in [5.74, 6) is 4.76. The van der Waals surface area contributed by atoms with Crippen molar-refractivity contribution in [3.05, 3.63) is 0 Å². The first-order valence-electron chi connectivity index (χ1n) is 23.2. The van der Waals surface area contributed by atoms with E-state index in [0.29, 0.717) is 23.0 Å². The monoisotopic (exact) mass is 716 g/mol. The van der Waals surface area contributed by atoms with Gasteiger partial charge in [0.15, 0.2) is 0 Å².